The lowest BCUT2D eigenvalue weighted by Gasteiger charge is -2.13. The number of aryl methyl sites for hydroxylation is 1. The summed E-state index contributed by atoms with van der Waals surface area (Å²) in [6, 6.07) is 12.6. The van der Waals surface area contributed by atoms with Crippen molar-refractivity contribution in [3.8, 4) is 11.5 Å². The molecule has 140 valence electrons. The fourth-order valence-corrected chi connectivity index (χ4v) is 3.39. The molecule has 0 unspecified atom stereocenters. The van der Waals surface area contributed by atoms with Crippen LogP contribution < -0.4 is 19.8 Å². The van der Waals surface area contributed by atoms with Crippen molar-refractivity contribution in [1.82, 2.24) is 10.4 Å². The van der Waals surface area contributed by atoms with E-state index in [1.54, 1.807) is 19.1 Å². The average molecular weight is 384 g/mol. The van der Waals surface area contributed by atoms with Gasteiger partial charge < -0.3 is 9.84 Å². The van der Waals surface area contributed by atoms with E-state index in [1.807, 2.05) is 35.9 Å². The number of aromatic amines is 1. The Balaban J connectivity index is 1.61. The quantitative estimate of drug-likeness (QED) is 0.293. The van der Waals surface area contributed by atoms with Gasteiger partial charge in [0, 0.05) is 5.56 Å². The van der Waals surface area contributed by atoms with Gasteiger partial charge >= 0.3 is 5.16 Å². The third-order valence-corrected chi connectivity index (χ3v) is 5.14. The fraction of sp³-hybridized carbons (Fsp3) is 0.211. The van der Waals surface area contributed by atoms with Crippen LogP contribution in [0.1, 0.15) is 12.5 Å². The van der Waals surface area contributed by atoms with Crippen LogP contribution in [-0.4, -0.2) is 29.5 Å². The standard InChI is InChI=1S/C19H20N4O3S/c1-12(13-8-9-16(24)17(10-13)26-3)21-22-18(25)11-27-19-20-14-6-4-5-7-15(14)23(19)2/h4-10H,11H2,1-3H3,(H2,21,22,24,25). The highest BCUT2D eigenvalue weighted by molar-refractivity contribution is 7.99. The summed E-state index contributed by atoms with van der Waals surface area (Å²) in [6.45, 7) is 1.75. The van der Waals surface area contributed by atoms with Gasteiger partial charge in [0.15, 0.2) is 11.0 Å². The summed E-state index contributed by atoms with van der Waals surface area (Å²) in [6.07, 6.45) is 0. The van der Waals surface area contributed by atoms with Crippen molar-refractivity contribution < 1.29 is 19.2 Å². The van der Waals surface area contributed by atoms with E-state index in [1.165, 1.54) is 24.9 Å². The Morgan fingerprint density at radius 1 is 1.33 bits per heavy atom. The summed E-state index contributed by atoms with van der Waals surface area (Å²) in [7, 11) is 3.39. The van der Waals surface area contributed by atoms with Crippen LogP contribution >= 0.6 is 11.8 Å². The van der Waals surface area contributed by atoms with E-state index in [0.717, 1.165) is 16.2 Å². The normalized spacial score (nSPS) is 11.6. The van der Waals surface area contributed by atoms with Gasteiger partial charge in [-0.05, 0) is 36.9 Å². The Labute approximate surface area is 161 Å². The van der Waals surface area contributed by atoms with E-state index in [-0.39, 0.29) is 23.2 Å². The largest absolute Gasteiger partial charge is 0.870 e. The summed E-state index contributed by atoms with van der Waals surface area (Å²) in [5, 5.41) is 16.6. The number of H-pyrrole nitrogens is 1. The maximum absolute atomic E-state index is 12.1. The maximum Gasteiger partial charge on any atom is 0.317 e. The molecule has 2 N–H and O–H groups in total. The van der Waals surface area contributed by atoms with Crippen LogP contribution in [0.4, 0.5) is 0 Å². The molecule has 0 aliphatic heterocycles. The molecule has 3 rings (SSSR count). The molecule has 0 atom stereocenters. The van der Waals surface area contributed by atoms with Crippen molar-refractivity contribution in [1.29, 1.82) is 0 Å². The van der Waals surface area contributed by atoms with Gasteiger partial charge in [-0.2, -0.15) is 5.10 Å². The van der Waals surface area contributed by atoms with Gasteiger partial charge in [-0.15, -0.1) is 0 Å². The molecule has 1 aromatic heterocycles. The minimum Gasteiger partial charge on any atom is -0.870 e. The predicted molar refractivity (Wildman–Crippen MR) is 103 cm³/mol. The van der Waals surface area contributed by atoms with Crippen LogP contribution in [0.25, 0.3) is 11.0 Å². The first-order valence-corrected chi connectivity index (χ1v) is 9.26. The van der Waals surface area contributed by atoms with Crippen molar-refractivity contribution in [3.63, 3.8) is 0 Å². The molecule has 0 saturated carbocycles. The first kappa shape index (κ1) is 18.8. The molecule has 1 amide bonds. The lowest BCUT2D eigenvalue weighted by molar-refractivity contribution is -0.683. The molecule has 0 fully saturated rings. The number of ether oxygens (including phenoxy) is 1. The number of aromatic nitrogens is 2. The molecule has 27 heavy (non-hydrogen) atoms. The number of rotatable bonds is 6. The number of carbonyl (C=O) groups is 1. The van der Waals surface area contributed by atoms with Crippen LogP contribution in [0, 0.1) is 0 Å². The molecule has 2 aromatic carbocycles. The Kier molecular flexibility index (Phi) is 5.66. The minimum atomic E-state index is -0.217. The third-order valence-electron chi connectivity index (χ3n) is 4.08. The number of methoxy groups -OCH3 is 1. The zero-order chi connectivity index (χ0) is 19.4. The van der Waals surface area contributed by atoms with Crippen molar-refractivity contribution in [2.24, 2.45) is 12.1 Å². The summed E-state index contributed by atoms with van der Waals surface area (Å²) in [5.41, 5.74) is 5.93. The van der Waals surface area contributed by atoms with E-state index < -0.39 is 0 Å². The highest BCUT2D eigenvalue weighted by Crippen LogP contribution is 2.24. The van der Waals surface area contributed by atoms with E-state index in [0.29, 0.717) is 11.3 Å². The predicted octanol–water partition coefficient (Wildman–Crippen LogP) is 1.71. The van der Waals surface area contributed by atoms with Gasteiger partial charge in [-0.1, -0.05) is 30.0 Å². The van der Waals surface area contributed by atoms with Gasteiger partial charge in [0.25, 0.3) is 5.91 Å². The highest BCUT2D eigenvalue weighted by Gasteiger charge is 2.16. The maximum atomic E-state index is 12.1. The monoisotopic (exact) mass is 384 g/mol. The van der Waals surface area contributed by atoms with Crippen molar-refractivity contribution >= 4 is 34.4 Å². The molecule has 0 aliphatic carbocycles. The van der Waals surface area contributed by atoms with E-state index in [9.17, 15) is 9.90 Å². The molecule has 8 heteroatoms. The van der Waals surface area contributed by atoms with Crippen molar-refractivity contribution in [2.45, 2.75) is 12.1 Å². The summed E-state index contributed by atoms with van der Waals surface area (Å²) in [4.78, 5) is 15.4. The molecule has 0 spiro atoms. The zero-order valence-corrected chi connectivity index (χ0v) is 16.1. The van der Waals surface area contributed by atoms with Crippen LogP contribution in [0.3, 0.4) is 0 Å². The fourth-order valence-electron chi connectivity index (χ4n) is 2.58. The molecular weight excluding hydrogens is 364 g/mol. The summed E-state index contributed by atoms with van der Waals surface area (Å²) in [5.74, 6) is 0.0571. The number of hydrogen-bond donors (Lipinski definition) is 2. The van der Waals surface area contributed by atoms with Crippen LogP contribution in [0.5, 0.6) is 11.5 Å². The molecule has 1 heterocycles. The molecular formula is C19H20N4O3S. The number of imidazole rings is 1. The van der Waals surface area contributed by atoms with Gasteiger partial charge in [-0.3, -0.25) is 4.79 Å². The number of nitrogens with one attached hydrogen (secondary N) is 2. The second-order valence-corrected chi connectivity index (χ2v) is 6.86. The number of hydrogen-bond acceptors (Lipinski definition) is 5. The Hall–Kier alpha value is -3.00. The van der Waals surface area contributed by atoms with Gasteiger partial charge in [0.05, 0.1) is 25.6 Å². The number of nitrogens with zero attached hydrogens (tertiary/aromatic N) is 2. The smallest absolute Gasteiger partial charge is 0.317 e. The molecule has 3 aromatic rings. The number of hydrazone groups is 1. The van der Waals surface area contributed by atoms with Crippen molar-refractivity contribution in [2.75, 3.05) is 12.9 Å². The first-order chi connectivity index (χ1) is 13.0. The topological polar surface area (TPSA) is 93.4 Å². The molecule has 7 nitrogen and oxygen atoms in total. The highest BCUT2D eigenvalue weighted by atomic mass is 32.2. The second kappa shape index (κ2) is 8.13. The lowest BCUT2D eigenvalue weighted by atomic mass is 10.1. The Morgan fingerprint density at radius 3 is 2.85 bits per heavy atom. The van der Waals surface area contributed by atoms with Crippen molar-refractivity contribution in [3.05, 3.63) is 48.0 Å². The Bertz CT molecular complexity index is 1010. The molecule has 0 bridgehead atoms. The molecule has 0 radical (unpaired) electrons. The first-order valence-electron chi connectivity index (χ1n) is 8.27. The average Bonchev–Trinajstić information content (AvgIpc) is 3.01. The minimum absolute atomic E-state index is 0.194. The number of fused-ring (bicyclic) bond motifs is 1. The van der Waals surface area contributed by atoms with E-state index in [2.05, 4.69) is 15.5 Å². The van der Waals surface area contributed by atoms with E-state index >= 15 is 0 Å². The van der Waals surface area contributed by atoms with Crippen LogP contribution in [0.2, 0.25) is 0 Å². The SMILES string of the molecule is COc1cc(C(C)=NNC(=O)CSc2[nH]c3ccccc3[n+]2C)ccc1[O-]. The number of amides is 1. The van der Waals surface area contributed by atoms with Gasteiger partial charge in [0.1, 0.15) is 5.75 Å². The Morgan fingerprint density at radius 2 is 2.11 bits per heavy atom. The van der Waals surface area contributed by atoms with Crippen LogP contribution in [0.15, 0.2) is 52.7 Å². The van der Waals surface area contributed by atoms with Gasteiger partial charge in [0.2, 0.25) is 0 Å². The van der Waals surface area contributed by atoms with E-state index in [4.69, 9.17) is 4.74 Å². The number of para-hydroxylation sites is 2. The van der Waals surface area contributed by atoms with Crippen LogP contribution in [-0.2, 0) is 11.8 Å². The summed E-state index contributed by atoms with van der Waals surface area (Å²) >= 11 is 1.40. The third kappa shape index (κ3) is 4.22. The second-order valence-electron chi connectivity index (χ2n) is 5.89. The number of benzene rings is 2. The summed E-state index contributed by atoms with van der Waals surface area (Å²) < 4.78 is 7.03. The zero-order valence-electron chi connectivity index (χ0n) is 15.3. The molecule has 0 saturated heterocycles. The number of thioether (sulfide) groups is 1. The lowest BCUT2D eigenvalue weighted by Crippen LogP contribution is -2.30. The molecule has 0 aliphatic rings. The number of carbonyl (C=O) groups excluding carboxylic acids is 1. The van der Waals surface area contributed by atoms with Gasteiger partial charge in [-0.25, -0.2) is 15.0 Å².